The van der Waals surface area contributed by atoms with Gasteiger partial charge in [-0.3, -0.25) is 14.6 Å². The first kappa shape index (κ1) is 15.2. The zero-order valence-corrected chi connectivity index (χ0v) is 13.8. The number of hydrogen-bond donors (Lipinski definition) is 2. The van der Waals surface area contributed by atoms with Gasteiger partial charge in [0, 0.05) is 43.2 Å². The zero-order chi connectivity index (χ0) is 16.8. The van der Waals surface area contributed by atoms with Crippen molar-refractivity contribution in [2.45, 2.75) is 57.2 Å². The summed E-state index contributed by atoms with van der Waals surface area (Å²) in [5, 5.41) is 3.56. The molecule has 3 aliphatic rings. The molecule has 2 fully saturated rings. The minimum Gasteiger partial charge on any atom is -0.381 e. The molecule has 6 heteroatoms. The van der Waals surface area contributed by atoms with Gasteiger partial charge in [0.25, 0.3) is 5.91 Å². The van der Waals surface area contributed by atoms with Gasteiger partial charge in [0.2, 0.25) is 5.91 Å². The molecule has 4 rings (SSSR count). The van der Waals surface area contributed by atoms with Crippen LogP contribution < -0.4 is 11.1 Å². The highest BCUT2D eigenvalue weighted by atomic mass is 16.2. The zero-order valence-electron chi connectivity index (χ0n) is 13.8. The molecule has 1 aromatic heterocycles. The number of carbonyl (C=O) groups is 2. The highest BCUT2D eigenvalue weighted by molar-refractivity contribution is 6.00. The Morgan fingerprint density at radius 3 is 2.62 bits per heavy atom. The maximum atomic E-state index is 11.8. The van der Waals surface area contributed by atoms with Crippen molar-refractivity contribution in [3.05, 3.63) is 29.1 Å². The molecule has 24 heavy (non-hydrogen) atoms. The topological polar surface area (TPSA) is 88.3 Å². The summed E-state index contributed by atoms with van der Waals surface area (Å²) in [5.74, 6) is -0.288. The third kappa shape index (κ3) is 2.37. The van der Waals surface area contributed by atoms with Crippen LogP contribution in [0.4, 0.5) is 5.69 Å². The largest absolute Gasteiger partial charge is 0.381 e. The predicted octanol–water partition coefficient (Wildman–Crippen LogP) is 1.70. The Kier molecular flexibility index (Phi) is 3.55. The van der Waals surface area contributed by atoms with E-state index in [-0.39, 0.29) is 11.9 Å². The number of piperidine rings is 1. The van der Waals surface area contributed by atoms with Crippen molar-refractivity contribution < 1.29 is 9.59 Å². The van der Waals surface area contributed by atoms with Gasteiger partial charge in [-0.05, 0) is 25.7 Å². The predicted molar refractivity (Wildman–Crippen MR) is 91.5 cm³/mol. The lowest BCUT2D eigenvalue weighted by molar-refractivity contribution is -0.133. The summed E-state index contributed by atoms with van der Waals surface area (Å²) in [4.78, 5) is 30.1. The summed E-state index contributed by atoms with van der Waals surface area (Å²) in [7, 11) is 0. The molecule has 2 aliphatic heterocycles. The van der Waals surface area contributed by atoms with Crippen molar-refractivity contribution >= 4 is 23.6 Å². The number of carbonyl (C=O) groups excluding carboxylic acids is 2. The molecular weight excluding hydrogens is 304 g/mol. The number of aromatic nitrogens is 1. The molecule has 1 unspecified atom stereocenters. The summed E-state index contributed by atoms with van der Waals surface area (Å²) in [6, 6.07) is 0.860. The van der Waals surface area contributed by atoms with Crippen LogP contribution in [0.15, 0.2) is 12.3 Å². The second-order valence-corrected chi connectivity index (χ2v) is 7.00. The third-order valence-electron chi connectivity index (χ3n) is 5.51. The van der Waals surface area contributed by atoms with Gasteiger partial charge in [-0.25, -0.2) is 0 Å². The van der Waals surface area contributed by atoms with Crippen molar-refractivity contribution in [3.63, 3.8) is 0 Å². The highest BCUT2D eigenvalue weighted by Crippen LogP contribution is 2.38. The Bertz CT molecular complexity index is 729. The quantitative estimate of drug-likeness (QED) is 0.885. The lowest BCUT2D eigenvalue weighted by atomic mass is 9.96. The monoisotopic (exact) mass is 326 g/mol. The molecule has 3 N–H and O–H groups in total. The number of amides is 2. The van der Waals surface area contributed by atoms with Crippen LogP contribution in [0.25, 0.3) is 6.08 Å². The molecule has 2 amide bonds. The number of pyridine rings is 1. The second kappa shape index (κ2) is 5.61. The number of nitrogens with two attached hydrogens (primary N) is 1. The van der Waals surface area contributed by atoms with Crippen molar-refractivity contribution in [2.75, 3.05) is 5.32 Å². The van der Waals surface area contributed by atoms with E-state index in [0.29, 0.717) is 17.6 Å². The molecule has 126 valence electrons. The first-order valence-electron chi connectivity index (χ1n) is 8.58. The summed E-state index contributed by atoms with van der Waals surface area (Å²) in [6.07, 6.45) is 10.4. The van der Waals surface area contributed by atoms with Crippen molar-refractivity contribution in [1.82, 2.24) is 9.88 Å². The number of primary amides is 1. The van der Waals surface area contributed by atoms with Crippen LogP contribution in [0.3, 0.4) is 0 Å². The normalized spacial score (nSPS) is 27.2. The van der Waals surface area contributed by atoms with Crippen molar-refractivity contribution in [2.24, 2.45) is 5.73 Å². The second-order valence-electron chi connectivity index (χ2n) is 7.00. The fourth-order valence-electron chi connectivity index (χ4n) is 4.55. The van der Waals surface area contributed by atoms with Gasteiger partial charge in [0.15, 0.2) is 0 Å². The van der Waals surface area contributed by atoms with E-state index in [1.54, 1.807) is 13.1 Å². The minimum absolute atomic E-state index is 0.173. The summed E-state index contributed by atoms with van der Waals surface area (Å²) in [6.45, 7) is 1.66. The maximum Gasteiger partial charge on any atom is 0.252 e. The van der Waals surface area contributed by atoms with E-state index in [4.69, 9.17) is 5.73 Å². The molecule has 0 spiro atoms. The smallest absolute Gasteiger partial charge is 0.252 e. The SMILES string of the molecule is CC(=O)N1[C@@H]2CC[C@H]1CC(Nc1c(C(N)=O)cnc3c1C=CC3)C2. The van der Waals surface area contributed by atoms with E-state index in [1.807, 2.05) is 11.0 Å². The number of nitrogens with one attached hydrogen (secondary N) is 1. The Morgan fingerprint density at radius 1 is 1.29 bits per heavy atom. The lowest BCUT2D eigenvalue weighted by Crippen LogP contribution is -2.49. The van der Waals surface area contributed by atoms with E-state index in [0.717, 1.165) is 49.0 Å². The highest BCUT2D eigenvalue weighted by Gasteiger charge is 2.42. The number of nitrogens with zero attached hydrogens (tertiary/aromatic N) is 2. The first-order chi connectivity index (χ1) is 11.5. The Labute approximate surface area is 141 Å². The van der Waals surface area contributed by atoms with Crippen molar-refractivity contribution in [1.29, 1.82) is 0 Å². The fraction of sp³-hybridized carbons (Fsp3) is 0.500. The van der Waals surface area contributed by atoms with E-state index in [9.17, 15) is 9.59 Å². The van der Waals surface area contributed by atoms with E-state index >= 15 is 0 Å². The van der Waals surface area contributed by atoms with E-state index in [1.165, 1.54) is 0 Å². The summed E-state index contributed by atoms with van der Waals surface area (Å²) < 4.78 is 0. The van der Waals surface area contributed by atoms with Gasteiger partial charge in [-0.1, -0.05) is 12.2 Å². The average Bonchev–Trinajstić information content (AvgIpc) is 3.10. The van der Waals surface area contributed by atoms with Crippen LogP contribution in [-0.4, -0.2) is 39.8 Å². The molecule has 6 nitrogen and oxygen atoms in total. The third-order valence-corrected chi connectivity index (χ3v) is 5.51. The van der Waals surface area contributed by atoms with E-state index < -0.39 is 5.91 Å². The number of hydrogen-bond acceptors (Lipinski definition) is 4. The molecule has 2 bridgehead atoms. The van der Waals surface area contributed by atoms with Crippen molar-refractivity contribution in [3.8, 4) is 0 Å². The Morgan fingerprint density at radius 2 is 2.00 bits per heavy atom. The van der Waals surface area contributed by atoms with Gasteiger partial charge in [-0.15, -0.1) is 0 Å². The van der Waals surface area contributed by atoms with Gasteiger partial charge in [-0.2, -0.15) is 0 Å². The standard InChI is InChI=1S/C18H22N4O2/c1-10(23)22-12-5-6-13(22)8-11(7-12)21-17-14-3-2-4-16(14)20-9-15(17)18(19)24/h2-3,9,11-13H,4-8H2,1H3,(H2,19,24)(H,20,21)/t11?,12-,13+. The van der Waals surface area contributed by atoms with Gasteiger partial charge in [0.05, 0.1) is 16.9 Å². The van der Waals surface area contributed by atoms with Gasteiger partial charge < -0.3 is 16.0 Å². The van der Waals surface area contributed by atoms with Crippen LogP contribution in [0, 0.1) is 0 Å². The molecule has 3 atom stereocenters. The van der Waals surface area contributed by atoms with Crippen LogP contribution in [-0.2, 0) is 11.2 Å². The minimum atomic E-state index is -0.461. The number of rotatable bonds is 3. The Balaban J connectivity index is 1.61. The Hall–Kier alpha value is -2.37. The van der Waals surface area contributed by atoms with E-state index in [2.05, 4.69) is 16.4 Å². The number of anilines is 1. The fourth-order valence-corrected chi connectivity index (χ4v) is 4.55. The first-order valence-corrected chi connectivity index (χ1v) is 8.58. The molecular formula is C18H22N4O2. The summed E-state index contributed by atoms with van der Waals surface area (Å²) in [5.41, 5.74) is 8.76. The van der Waals surface area contributed by atoms with Gasteiger partial charge in [0.1, 0.15) is 0 Å². The van der Waals surface area contributed by atoms with Crippen LogP contribution >= 0.6 is 0 Å². The number of fused-ring (bicyclic) bond motifs is 3. The van der Waals surface area contributed by atoms with Gasteiger partial charge >= 0.3 is 0 Å². The molecule has 1 aliphatic carbocycles. The lowest BCUT2D eigenvalue weighted by Gasteiger charge is -2.39. The molecule has 0 radical (unpaired) electrons. The maximum absolute atomic E-state index is 11.8. The van der Waals surface area contributed by atoms with Crippen LogP contribution in [0.5, 0.6) is 0 Å². The summed E-state index contributed by atoms with van der Waals surface area (Å²) >= 11 is 0. The average molecular weight is 326 g/mol. The molecule has 3 heterocycles. The molecule has 0 saturated carbocycles. The molecule has 2 saturated heterocycles. The van der Waals surface area contributed by atoms with Crippen LogP contribution in [0.1, 0.15) is 54.2 Å². The van der Waals surface area contributed by atoms with Crippen LogP contribution in [0.2, 0.25) is 0 Å². The number of allylic oxidation sites excluding steroid dienone is 1. The molecule has 0 aromatic carbocycles. The molecule has 1 aromatic rings.